The standard InChI is InChI=1S/C20H36FNO6/c1-13(12-21)11-14(15(23)26-18(2,3)4)22(16(24)27-19(5,6)7)17(25)28-20(8,9)10/h13-14H,11-12H2,1-10H3/t13-,14-/m0/s1/i12D2. The quantitative estimate of drug-likeness (QED) is 0.478. The van der Waals surface area contributed by atoms with E-state index >= 15 is 0 Å². The van der Waals surface area contributed by atoms with Gasteiger partial charge in [0.2, 0.25) is 0 Å². The lowest BCUT2D eigenvalue weighted by Crippen LogP contribution is -2.53. The van der Waals surface area contributed by atoms with Crippen LogP contribution in [0.4, 0.5) is 14.0 Å². The molecule has 0 saturated heterocycles. The van der Waals surface area contributed by atoms with Crippen molar-refractivity contribution in [2.24, 2.45) is 5.92 Å². The second kappa shape index (κ2) is 9.56. The number of halogens is 1. The van der Waals surface area contributed by atoms with E-state index in [1.807, 2.05) is 0 Å². The van der Waals surface area contributed by atoms with Crippen LogP contribution in [0.3, 0.4) is 0 Å². The Labute approximate surface area is 170 Å². The molecule has 0 radical (unpaired) electrons. The Hall–Kier alpha value is -1.86. The summed E-state index contributed by atoms with van der Waals surface area (Å²) in [6.45, 7) is 12.3. The summed E-state index contributed by atoms with van der Waals surface area (Å²) >= 11 is 0. The summed E-state index contributed by atoms with van der Waals surface area (Å²) in [7, 11) is 0. The van der Waals surface area contributed by atoms with Gasteiger partial charge in [-0.2, -0.15) is 4.90 Å². The highest BCUT2D eigenvalue weighted by molar-refractivity contribution is 5.94. The first-order valence-electron chi connectivity index (χ1n) is 10.2. The molecule has 164 valence electrons. The lowest BCUT2D eigenvalue weighted by atomic mass is 10.0. The van der Waals surface area contributed by atoms with Gasteiger partial charge in [-0.15, -0.1) is 0 Å². The first-order chi connectivity index (χ1) is 13.0. The Bertz CT molecular complexity index is 601. The molecule has 0 bridgehead atoms. The zero-order valence-corrected chi connectivity index (χ0v) is 18.6. The number of carbonyl (C=O) groups excluding carboxylic acids is 3. The maximum Gasteiger partial charge on any atom is 0.420 e. The predicted molar refractivity (Wildman–Crippen MR) is 104 cm³/mol. The number of alkyl halides is 1. The van der Waals surface area contributed by atoms with Crippen LogP contribution in [0.2, 0.25) is 0 Å². The summed E-state index contributed by atoms with van der Waals surface area (Å²) in [5, 5.41) is 0. The van der Waals surface area contributed by atoms with E-state index in [1.165, 1.54) is 6.92 Å². The molecular formula is C20H36FNO6. The average molecular weight is 408 g/mol. The molecule has 0 unspecified atom stereocenters. The largest absolute Gasteiger partial charge is 0.458 e. The van der Waals surface area contributed by atoms with E-state index in [0.717, 1.165) is 0 Å². The van der Waals surface area contributed by atoms with Gasteiger partial charge in [-0.05, 0) is 74.7 Å². The van der Waals surface area contributed by atoms with Gasteiger partial charge >= 0.3 is 18.2 Å². The van der Waals surface area contributed by atoms with Crippen molar-refractivity contribution in [3.05, 3.63) is 0 Å². The summed E-state index contributed by atoms with van der Waals surface area (Å²) in [6.07, 6.45) is -2.89. The third-order valence-electron chi connectivity index (χ3n) is 2.93. The van der Waals surface area contributed by atoms with E-state index in [4.69, 9.17) is 17.0 Å². The fraction of sp³-hybridized carbons (Fsp3) is 0.850. The molecular weight excluding hydrogens is 369 g/mol. The van der Waals surface area contributed by atoms with Crippen LogP contribution in [0.5, 0.6) is 0 Å². The molecule has 0 rings (SSSR count). The minimum absolute atomic E-state index is 0.437. The number of hydrogen-bond acceptors (Lipinski definition) is 6. The maximum absolute atomic E-state index is 13.9. The molecule has 0 aromatic carbocycles. The molecule has 0 fully saturated rings. The molecule has 0 heterocycles. The molecule has 0 aliphatic rings. The van der Waals surface area contributed by atoms with Gasteiger partial charge in [0, 0.05) is 0 Å². The molecule has 0 aliphatic heterocycles. The average Bonchev–Trinajstić information content (AvgIpc) is 2.39. The monoisotopic (exact) mass is 407 g/mol. The first kappa shape index (κ1) is 22.4. The van der Waals surface area contributed by atoms with Crippen molar-refractivity contribution in [2.45, 2.75) is 98.5 Å². The SMILES string of the molecule is [2H]C([2H])(F)[C@@H](C)C[C@@H](C(=O)OC(C)(C)C)N(C(=O)OC(C)(C)C)C(=O)OC(C)(C)C. The number of esters is 1. The molecule has 0 spiro atoms. The van der Waals surface area contributed by atoms with Crippen LogP contribution in [-0.4, -0.2) is 52.5 Å². The van der Waals surface area contributed by atoms with Crippen molar-refractivity contribution in [1.82, 2.24) is 4.90 Å². The summed E-state index contributed by atoms with van der Waals surface area (Å²) in [4.78, 5) is 39.0. The number of nitrogens with zero attached hydrogens (tertiary/aromatic N) is 1. The minimum Gasteiger partial charge on any atom is -0.458 e. The lowest BCUT2D eigenvalue weighted by Gasteiger charge is -2.34. The minimum atomic E-state index is -3.16. The van der Waals surface area contributed by atoms with Crippen LogP contribution >= 0.6 is 0 Å². The Kier molecular flexibility index (Phi) is 7.66. The fourth-order valence-electron chi connectivity index (χ4n) is 2.01. The van der Waals surface area contributed by atoms with E-state index < -0.39 is 60.0 Å². The number of imide groups is 1. The van der Waals surface area contributed by atoms with E-state index in [-0.39, 0.29) is 0 Å². The van der Waals surface area contributed by atoms with E-state index in [2.05, 4.69) is 0 Å². The van der Waals surface area contributed by atoms with Gasteiger partial charge in [-0.3, -0.25) is 4.39 Å². The Morgan fingerprint density at radius 3 is 1.50 bits per heavy atom. The number of amides is 2. The van der Waals surface area contributed by atoms with Crippen LogP contribution in [0.1, 0.15) is 78.4 Å². The highest BCUT2D eigenvalue weighted by Crippen LogP contribution is 2.23. The van der Waals surface area contributed by atoms with Crippen molar-refractivity contribution < 1.29 is 35.7 Å². The van der Waals surface area contributed by atoms with Crippen molar-refractivity contribution >= 4 is 18.2 Å². The van der Waals surface area contributed by atoms with E-state index in [9.17, 15) is 18.8 Å². The zero-order chi connectivity index (χ0) is 24.3. The molecule has 28 heavy (non-hydrogen) atoms. The van der Waals surface area contributed by atoms with Gasteiger partial charge in [0.25, 0.3) is 0 Å². The summed E-state index contributed by atoms with van der Waals surface area (Å²) in [5.41, 5.74) is -2.98. The van der Waals surface area contributed by atoms with Crippen LogP contribution in [0.25, 0.3) is 0 Å². The summed E-state index contributed by atoms with van der Waals surface area (Å²) in [6, 6.07) is -1.66. The van der Waals surface area contributed by atoms with Crippen molar-refractivity contribution in [2.75, 3.05) is 6.63 Å². The second-order valence-corrected chi connectivity index (χ2v) is 9.63. The lowest BCUT2D eigenvalue weighted by molar-refractivity contribution is -0.161. The Morgan fingerprint density at radius 2 is 1.21 bits per heavy atom. The molecule has 8 heteroatoms. The third kappa shape index (κ3) is 10.5. The van der Waals surface area contributed by atoms with Gasteiger partial charge in [0.05, 0.1) is 9.37 Å². The molecule has 0 saturated carbocycles. The number of ether oxygens (including phenoxy) is 3. The van der Waals surface area contributed by atoms with Crippen molar-refractivity contribution in [3.8, 4) is 0 Å². The molecule has 0 N–H and O–H groups in total. The number of rotatable bonds is 5. The topological polar surface area (TPSA) is 82.1 Å². The predicted octanol–water partition coefficient (Wildman–Crippen LogP) is 4.86. The van der Waals surface area contributed by atoms with Gasteiger partial charge in [0.15, 0.2) is 0 Å². The molecule has 7 nitrogen and oxygen atoms in total. The van der Waals surface area contributed by atoms with Gasteiger partial charge < -0.3 is 14.2 Å². The number of carbonyl (C=O) groups is 3. The Morgan fingerprint density at radius 1 is 0.857 bits per heavy atom. The van der Waals surface area contributed by atoms with Crippen LogP contribution in [0, 0.1) is 5.92 Å². The van der Waals surface area contributed by atoms with Gasteiger partial charge in [-0.25, -0.2) is 14.4 Å². The summed E-state index contributed by atoms with van der Waals surface area (Å²) < 4.78 is 44.3. The summed E-state index contributed by atoms with van der Waals surface area (Å²) in [5.74, 6) is -2.35. The van der Waals surface area contributed by atoms with Gasteiger partial charge in [0.1, 0.15) is 22.8 Å². The van der Waals surface area contributed by atoms with Crippen LogP contribution in [-0.2, 0) is 19.0 Å². The second-order valence-electron chi connectivity index (χ2n) is 9.63. The van der Waals surface area contributed by atoms with Crippen molar-refractivity contribution in [3.63, 3.8) is 0 Å². The third-order valence-corrected chi connectivity index (χ3v) is 2.93. The highest BCUT2D eigenvalue weighted by atomic mass is 19.1. The first-order valence-corrected chi connectivity index (χ1v) is 9.20. The highest BCUT2D eigenvalue weighted by Gasteiger charge is 2.42. The van der Waals surface area contributed by atoms with E-state index in [1.54, 1.807) is 62.3 Å². The van der Waals surface area contributed by atoms with E-state index in [0.29, 0.717) is 4.90 Å². The number of hydrogen-bond donors (Lipinski definition) is 0. The normalized spacial score (nSPS) is 16.2. The molecule has 0 aliphatic carbocycles. The van der Waals surface area contributed by atoms with Crippen LogP contribution in [0.15, 0.2) is 0 Å². The molecule has 0 aromatic rings. The van der Waals surface area contributed by atoms with Crippen molar-refractivity contribution in [1.29, 1.82) is 0 Å². The molecule has 2 amide bonds. The van der Waals surface area contributed by atoms with Crippen LogP contribution < -0.4 is 0 Å². The van der Waals surface area contributed by atoms with Gasteiger partial charge in [-0.1, -0.05) is 6.92 Å². The smallest absolute Gasteiger partial charge is 0.420 e. The fourth-order valence-corrected chi connectivity index (χ4v) is 2.01. The molecule has 0 aromatic heterocycles. The zero-order valence-electron chi connectivity index (χ0n) is 20.6. The maximum atomic E-state index is 13.9. The Balaban J connectivity index is 6.29. The molecule has 2 atom stereocenters.